The van der Waals surface area contributed by atoms with E-state index in [1.165, 1.54) is 0 Å². The minimum Gasteiger partial charge on any atom is -0.335 e. The van der Waals surface area contributed by atoms with Gasteiger partial charge in [-0.1, -0.05) is 23.7 Å². The van der Waals surface area contributed by atoms with Crippen molar-refractivity contribution in [3.8, 4) is 6.07 Å². The van der Waals surface area contributed by atoms with Crippen molar-refractivity contribution in [3.05, 3.63) is 70.2 Å². The second kappa shape index (κ2) is 6.43. The van der Waals surface area contributed by atoms with E-state index in [4.69, 9.17) is 16.9 Å². The first-order valence-corrected chi connectivity index (χ1v) is 6.93. The first-order chi connectivity index (χ1) is 10.0. The summed E-state index contributed by atoms with van der Waals surface area (Å²) in [5.41, 5.74) is 2.08. The van der Waals surface area contributed by atoms with Crippen LogP contribution in [0.3, 0.4) is 0 Å². The Kier molecular flexibility index (Phi) is 4.62. The molecule has 0 aliphatic carbocycles. The zero-order chi connectivity index (χ0) is 15.4. The van der Waals surface area contributed by atoms with Gasteiger partial charge in [0, 0.05) is 17.6 Å². The monoisotopic (exact) mass is 298 g/mol. The molecule has 0 aromatic heterocycles. The molecule has 0 heterocycles. The Morgan fingerprint density at radius 2 is 1.90 bits per heavy atom. The van der Waals surface area contributed by atoms with Crippen LogP contribution >= 0.6 is 11.6 Å². The van der Waals surface area contributed by atoms with Crippen LogP contribution in [-0.2, 0) is 0 Å². The SMILES string of the molecule is CC(c1cccc(Cl)c1)N(C)C(=O)c1ccc(C#N)cc1. The summed E-state index contributed by atoms with van der Waals surface area (Å²) >= 11 is 5.99. The molecule has 0 radical (unpaired) electrons. The number of benzene rings is 2. The van der Waals surface area contributed by atoms with Crippen LogP contribution in [0.1, 0.15) is 34.5 Å². The molecule has 0 saturated heterocycles. The molecule has 0 aliphatic heterocycles. The summed E-state index contributed by atoms with van der Waals surface area (Å²) in [4.78, 5) is 14.1. The summed E-state index contributed by atoms with van der Waals surface area (Å²) in [5, 5.41) is 9.43. The van der Waals surface area contributed by atoms with Crippen molar-refractivity contribution in [1.82, 2.24) is 4.90 Å². The van der Waals surface area contributed by atoms with Gasteiger partial charge in [-0.3, -0.25) is 4.79 Å². The average molecular weight is 299 g/mol. The van der Waals surface area contributed by atoms with Gasteiger partial charge in [0.05, 0.1) is 17.7 Å². The lowest BCUT2D eigenvalue weighted by atomic mass is 10.1. The number of nitriles is 1. The lowest BCUT2D eigenvalue weighted by Gasteiger charge is -2.25. The third-order valence-electron chi connectivity index (χ3n) is 3.49. The molecule has 0 aliphatic rings. The van der Waals surface area contributed by atoms with E-state index in [1.54, 1.807) is 42.3 Å². The van der Waals surface area contributed by atoms with Gasteiger partial charge in [-0.2, -0.15) is 5.26 Å². The van der Waals surface area contributed by atoms with Crippen LogP contribution in [0.25, 0.3) is 0 Å². The molecule has 0 bridgehead atoms. The van der Waals surface area contributed by atoms with Gasteiger partial charge in [-0.15, -0.1) is 0 Å². The predicted molar refractivity (Wildman–Crippen MR) is 83.1 cm³/mol. The van der Waals surface area contributed by atoms with Crippen molar-refractivity contribution in [2.24, 2.45) is 0 Å². The van der Waals surface area contributed by atoms with Gasteiger partial charge in [-0.25, -0.2) is 0 Å². The quantitative estimate of drug-likeness (QED) is 0.858. The van der Waals surface area contributed by atoms with Gasteiger partial charge in [0.1, 0.15) is 0 Å². The molecule has 2 aromatic carbocycles. The number of halogens is 1. The maximum Gasteiger partial charge on any atom is 0.254 e. The standard InChI is InChI=1S/C17H15ClN2O/c1-12(15-4-3-5-16(18)10-15)20(2)17(21)14-8-6-13(11-19)7-9-14/h3-10,12H,1-2H3. The molecule has 2 aromatic rings. The average Bonchev–Trinajstić information content (AvgIpc) is 2.53. The Labute approximate surface area is 129 Å². The van der Waals surface area contributed by atoms with Gasteiger partial charge in [-0.05, 0) is 48.9 Å². The van der Waals surface area contributed by atoms with E-state index in [2.05, 4.69) is 0 Å². The van der Waals surface area contributed by atoms with Gasteiger partial charge in [0.25, 0.3) is 5.91 Å². The summed E-state index contributed by atoms with van der Waals surface area (Å²) in [6, 6.07) is 16.0. The van der Waals surface area contributed by atoms with Crippen LogP contribution in [0.2, 0.25) is 5.02 Å². The second-order valence-electron chi connectivity index (χ2n) is 4.84. The first kappa shape index (κ1) is 15.1. The molecule has 2 rings (SSSR count). The molecule has 21 heavy (non-hydrogen) atoms. The minimum atomic E-state index is -0.0909. The molecule has 3 nitrogen and oxygen atoms in total. The molecule has 4 heteroatoms. The van der Waals surface area contributed by atoms with Crippen LogP contribution in [0.5, 0.6) is 0 Å². The van der Waals surface area contributed by atoms with E-state index in [1.807, 2.05) is 31.2 Å². The highest BCUT2D eigenvalue weighted by molar-refractivity contribution is 6.30. The van der Waals surface area contributed by atoms with Gasteiger partial charge in [0.15, 0.2) is 0 Å². The highest BCUT2D eigenvalue weighted by Crippen LogP contribution is 2.23. The van der Waals surface area contributed by atoms with Crippen LogP contribution in [0, 0.1) is 11.3 Å². The number of hydrogen-bond donors (Lipinski definition) is 0. The van der Waals surface area contributed by atoms with E-state index in [-0.39, 0.29) is 11.9 Å². The van der Waals surface area contributed by atoms with Crippen molar-refractivity contribution in [3.63, 3.8) is 0 Å². The molecule has 0 N–H and O–H groups in total. The van der Waals surface area contributed by atoms with E-state index in [0.717, 1.165) is 5.56 Å². The molecule has 1 amide bonds. The third-order valence-corrected chi connectivity index (χ3v) is 3.73. The van der Waals surface area contributed by atoms with Gasteiger partial charge < -0.3 is 4.90 Å². The van der Waals surface area contributed by atoms with E-state index >= 15 is 0 Å². The number of rotatable bonds is 3. The zero-order valence-electron chi connectivity index (χ0n) is 11.9. The largest absolute Gasteiger partial charge is 0.335 e. The second-order valence-corrected chi connectivity index (χ2v) is 5.27. The van der Waals surface area contributed by atoms with E-state index in [0.29, 0.717) is 16.1 Å². The summed E-state index contributed by atoms with van der Waals surface area (Å²) in [6.45, 7) is 1.95. The van der Waals surface area contributed by atoms with Crippen LogP contribution < -0.4 is 0 Å². The smallest absolute Gasteiger partial charge is 0.254 e. The van der Waals surface area contributed by atoms with E-state index < -0.39 is 0 Å². The number of nitrogens with zero attached hydrogens (tertiary/aromatic N) is 2. The Balaban J connectivity index is 2.20. The van der Waals surface area contributed by atoms with Crippen LogP contribution in [0.15, 0.2) is 48.5 Å². The van der Waals surface area contributed by atoms with Crippen molar-refractivity contribution < 1.29 is 4.79 Å². The van der Waals surface area contributed by atoms with Crippen LogP contribution in [0.4, 0.5) is 0 Å². The van der Waals surface area contributed by atoms with Crippen molar-refractivity contribution in [2.75, 3.05) is 7.05 Å². The molecule has 1 unspecified atom stereocenters. The Bertz CT molecular complexity index is 689. The molecule has 106 valence electrons. The summed E-state index contributed by atoms with van der Waals surface area (Å²) < 4.78 is 0. The lowest BCUT2D eigenvalue weighted by Crippen LogP contribution is -2.29. The minimum absolute atomic E-state index is 0.0908. The molecule has 0 spiro atoms. The predicted octanol–water partition coefficient (Wildman–Crippen LogP) is 4.04. The van der Waals surface area contributed by atoms with Crippen molar-refractivity contribution in [2.45, 2.75) is 13.0 Å². The number of amides is 1. The van der Waals surface area contributed by atoms with Crippen molar-refractivity contribution >= 4 is 17.5 Å². The third kappa shape index (κ3) is 3.42. The highest BCUT2D eigenvalue weighted by Gasteiger charge is 2.19. The zero-order valence-corrected chi connectivity index (χ0v) is 12.6. The molecular formula is C17H15ClN2O. The summed E-state index contributed by atoms with van der Waals surface area (Å²) in [7, 11) is 1.76. The number of carbonyl (C=O) groups is 1. The Hall–Kier alpha value is -2.31. The molecule has 0 fully saturated rings. The number of carbonyl (C=O) groups excluding carboxylic acids is 1. The van der Waals surface area contributed by atoms with E-state index in [9.17, 15) is 4.79 Å². The van der Waals surface area contributed by atoms with Crippen LogP contribution in [-0.4, -0.2) is 17.9 Å². The normalized spacial score (nSPS) is 11.5. The maximum atomic E-state index is 12.5. The fraction of sp³-hybridized carbons (Fsp3) is 0.176. The van der Waals surface area contributed by atoms with Crippen molar-refractivity contribution in [1.29, 1.82) is 5.26 Å². The molecular weight excluding hydrogens is 284 g/mol. The molecule has 0 saturated carbocycles. The fourth-order valence-corrected chi connectivity index (χ4v) is 2.26. The lowest BCUT2D eigenvalue weighted by molar-refractivity contribution is 0.0742. The number of hydrogen-bond acceptors (Lipinski definition) is 2. The Morgan fingerprint density at radius 3 is 2.48 bits per heavy atom. The maximum absolute atomic E-state index is 12.5. The van der Waals surface area contributed by atoms with Gasteiger partial charge >= 0.3 is 0 Å². The van der Waals surface area contributed by atoms with Gasteiger partial charge in [0.2, 0.25) is 0 Å². The summed E-state index contributed by atoms with van der Waals surface area (Å²) in [5.74, 6) is -0.0908. The Morgan fingerprint density at radius 1 is 1.24 bits per heavy atom. The first-order valence-electron chi connectivity index (χ1n) is 6.55. The summed E-state index contributed by atoms with van der Waals surface area (Å²) in [6.07, 6.45) is 0. The molecule has 1 atom stereocenters. The highest BCUT2D eigenvalue weighted by atomic mass is 35.5. The fourth-order valence-electron chi connectivity index (χ4n) is 2.06. The topological polar surface area (TPSA) is 44.1 Å².